The van der Waals surface area contributed by atoms with Crippen LogP contribution in [0.4, 0.5) is 0 Å². The van der Waals surface area contributed by atoms with Crippen molar-refractivity contribution in [3.8, 4) is 11.3 Å². The Morgan fingerprint density at radius 3 is 1.74 bits per heavy atom. The van der Waals surface area contributed by atoms with Crippen molar-refractivity contribution < 1.29 is 21.5 Å². The minimum absolute atomic E-state index is 0. The molecule has 0 unspecified atom stereocenters. The molecule has 42 heavy (non-hydrogen) atoms. The van der Waals surface area contributed by atoms with Crippen LogP contribution in [0.3, 0.4) is 0 Å². The van der Waals surface area contributed by atoms with Crippen molar-refractivity contribution >= 4 is 10.9 Å². The van der Waals surface area contributed by atoms with Gasteiger partial charge >= 0.3 is 0 Å². The van der Waals surface area contributed by atoms with E-state index in [9.17, 15) is 4.79 Å². The maximum Gasteiger partial charge on any atom is 0.190 e. The van der Waals surface area contributed by atoms with Gasteiger partial charge in [0, 0.05) is 30.5 Å². The Morgan fingerprint density at radius 1 is 0.619 bits per heavy atom. The predicted octanol–water partition coefficient (Wildman–Crippen LogP) is 7.80. The van der Waals surface area contributed by atoms with Crippen LogP contribution in [0.25, 0.3) is 22.2 Å². The quantitative estimate of drug-likeness (QED) is 0.0768. The number of hydrogen-bond donors (Lipinski definition) is 0. The van der Waals surface area contributed by atoms with E-state index in [4.69, 9.17) is 0 Å². The van der Waals surface area contributed by atoms with E-state index in [1.165, 1.54) is 122 Å². The fourth-order valence-electron chi connectivity index (χ4n) is 6.16. The summed E-state index contributed by atoms with van der Waals surface area (Å²) in [7, 11) is 0. The van der Waals surface area contributed by atoms with Gasteiger partial charge in [-0.1, -0.05) is 135 Å². The summed E-state index contributed by atoms with van der Waals surface area (Å²) in [6.45, 7) is 6.57. The van der Waals surface area contributed by atoms with Gasteiger partial charge in [-0.15, -0.1) is 0 Å². The minimum atomic E-state index is 0. The lowest BCUT2D eigenvalue weighted by molar-refractivity contribution is -0.696. The summed E-state index contributed by atoms with van der Waals surface area (Å²) in [6, 6.07) is 14.3. The molecule has 0 aliphatic rings. The molecule has 0 fully saturated rings. The summed E-state index contributed by atoms with van der Waals surface area (Å²) >= 11 is 0. The van der Waals surface area contributed by atoms with Crippen LogP contribution in [0.15, 0.2) is 59.7 Å². The molecule has 0 spiro atoms. The van der Waals surface area contributed by atoms with Crippen molar-refractivity contribution in [1.82, 2.24) is 4.57 Å². The first-order valence-corrected chi connectivity index (χ1v) is 17.4. The lowest BCUT2D eigenvalue weighted by atomic mass is 10.1. The molecule has 0 N–H and O–H groups in total. The summed E-state index contributed by atoms with van der Waals surface area (Å²) < 4.78 is 4.73. The fraction of sp³-hybridized carbons (Fsp3) is 0.632. The minimum Gasteiger partial charge on any atom is -1.00 e. The number of pyridine rings is 2. The van der Waals surface area contributed by atoms with Gasteiger partial charge in [-0.25, -0.2) is 4.57 Å². The normalized spacial score (nSPS) is 11.2. The van der Waals surface area contributed by atoms with E-state index in [1.54, 1.807) is 0 Å². The SMILES string of the molecule is CCCCCCCCCCCCn1c(-c2ccc[n+](CCCCCCCCCCCC)c2)cc(=O)c2ccccc21.[Br-]. The fourth-order valence-corrected chi connectivity index (χ4v) is 6.16. The Kier molecular flexibility index (Phi) is 19.5. The standard InChI is InChI=1S/C38H59N2O.BrH/c1-3-5-7-9-11-13-15-17-19-23-29-39-30-25-26-34(33-39)37-32-38(41)35-27-21-22-28-36(35)40(37)31-24-20-18-16-14-12-10-8-6-4-2;/h21-22,25-28,30,32-33H,3-20,23-24,29,31H2,1-2H3;1H/q+1;/p-1. The maximum absolute atomic E-state index is 13.1. The van der Waals surface area contributed by atoms with Crippen molar-refractivity contribution in [2.24, 2.45) is 0 Å². The molecule has 3 aromatic rings. The first kappa shape index (κ1) is 36.3. The van der Waals surface area contributed by atoms with Gasteiger partial charge in [0.1, 0.15) is 6.54 Å². The van der Waals surface area contributed by atoms with Gasteiger partial charge in [-0.05, 0) is 31.0 Å². The number of aryl methyl sites for hydroxylation is 2. The molecule has 0 bridgehead atoms. The average Bonchev–Trinajstić information content (AvgIpc) is 3.00. The van der Waals surface area contributed by atoms with Crippen LogP contribution in [-0.4, -0.2) is 4.57 Å². The van der Waals surface area contributed by atoms with Crippen molar-refractivity contribution in [3.05, 3.63) is 65.1 Å². The highest BCUT2D eigenvalue weighted by Gasteiger charge is 2.13. The second kappa shape index (κ2) is 22.6. The number of benzene rings is 1. The van der Waals surface area contributed by atoms with Crippen molar-refractivity contribution in [2.75, 3.05) is 0 Å². The van der Waals surface area contributed by atoms with E-state index in [0.717, 1.165) is 41.7 Å². The zero-order valence-electron chi connectivity index (χ0n) is 26.9. The van der Waals surface area contributed by atoms with Gasteiger partial charge in [-0.2, -0.15) is 0 Å². The number of nitrogens with zero attached hydrogens (tertiary/aromatic N) is 2. The summed E-state index contributed by atoms with van der Waals surface area (Å²) in [6.07, 6.45) is 31.4. The Bertz CT molecular complexity index is 1170. The molecular weight excluding hydrogens is 580 g/mol. The van der Waals surface area contributed by atoms with Crippen molar-refractivity contribution in [2.45, 2.75) is 155 Å². The summed E-state index contributed by atoms with van der Waals surface area (Å²) in [5, 5.41) is 0.831. The van der Waals surface area contributed by atoms with E-state index in [-0.39, 0.29) is 22.4 Å². The van der Waals surface area contributed by atoms with Crippen LogP contribution in [0, 0.1) is 0 Å². The van der Waals surface area contributed by atoms with Gasteiger partial charge in [0.2, 0.25) is 0 Å². The van der Waals surface area contributed by atoms with E-state index < -0.39 is 0 Å². The lowest BCUT2D eigenvalue weighted by Gasteiger charge is -2.17. The molecule has 1 aromatic carbocycles. The maximum atomic E-state index is 13.1. The molecule has 0 amide bonds. The Labute approximate surface area is 267 Å². The monoisotopic (exact) mass is 638 g/mol. The molecule has 3 nitrogen and oxygen atoms in total. The zero-order valence-corrected chi connectivity index (χ0v) is 28.5. The summed E-state index contributed by atoms with van der Waals surface area (Å²) in [5.74, 6) is 0. The van der Waals surface area contributed by atoms with Crippen LogP contribution in [0.1, 0.15) is 142 Å². The summed E-state index contributed by atoms with van der Waals surface area (Å²) in [4.78, 5) is 13.1. The van der Waals surface area contributed by atoms with Crippen LogP contribution in [0.5, 0.6) is 0 Å². The van der Waals surface area contributed by atoms with E-state index in [0.29, 0.717) is 0 Å². The molecule has 0 saturated heterocycles. The van der Waals surface area contributed by atoms with E-state index >= 15 is 0 Å². The van der Waals surface area contributed by atoms with E-state index in [1.807, 2.05) is 18.2 Å². The topological polar surface area (TPSA) is 25.9 Å². The molecule has 0 atom stereocenters. The van der Waals surface area contributed by atoms with Gasteiger partial charge in [-0.3, -0.25) is 4.79 Å². The van der Waals surface area contributed by atoms with Gasteiger partial charge in [0.25, 0.3) is 0 Å². The molecule has 0 aliphatic heterocycles. The number of unbranched alkanes of at least 4 members (excludes halogenated alkanes) is 18. The molecule has 2 heterocycles. The highest BCUT2D eigenvalue weighted by Crippen LogP contribution is 2.23. The number of halogens is 1. The first-order valence-electron chi connectivity index (χ1n) is 17.4. The third-order valence-corrected chi connectivity index (χ3v) is 8.68. The van der Waals surface area contributed by atoms with Crippen molar-refractivity contribution in [3.63, 3.8) is 0 Å². The third kappa shape index (κ3) is 13.1. The smallest absolute Gasteiger partial charge is 0.190 e. The molecule has 0 saturated carbocycles. The van der Waals surface area contributed by atoms with Gasteiger partial charge in [0.05, 0.1) is 16.8 Å². The lowest BCUT2D eigenvalue weighted by Crippen LogP contribution is -3.00. The third-order valence-electron chi connectivity index (χ3n) is 8.68. The highest BCUT2D eigenvalue weighted by molar-refractivity contribution is 5.82. The molecular formula is C38H59BrN2O. The Balaban J connectivity index is 0.00000616. The second-order valence-electron chi connectivity index (χ2n) is 12.3. The summed E-state index contributed by atoms with van der Waals surface area (Å²) in [5.41, 5.74) is 3.40. The zero-order chi connectivity index (χ0) is 29.0. The van der Waals surface area contributed by atoms with E-state index in [2.05, 4.69) is 59.6 Å². The number of fused-ring (bicyclic) bond motifs is 1. The molecule has 0 aliphatic carbocycles. The van der Waals surface area contributed by atoms with Gasteiger partial charge < -0.3 is 21.5 Å². The Morgan fingerprint density at radius 2 is 1.14 bits per heavy atom. The number of aromatic nitrogens is 2. The average molecular weight is 640 g/mol. The highest BCUT2D eigenvalue weighted by atomic mass is 79.9. The van der Waals surface area contributed by atoms with Gasteiger partial charge in [0.15, 0.2) is 17.8 Å². The molecule has 2 aromatic heterocycles. The molecule has 3 rings (SSSR count). The first-order chi connectivity index (χ1) is 20.2. The Hall–Kier alpha value is -1.94. The second-order valence-corrected chi connectivity index (χ2v) is 12.3. The number of hydrogen-bond acceptors (Lipinski definition) is 1. The predicted molar refractivity (Wildman–Crippen MR) is 178 cm³/mol. The number of rotatable bonds is 23. The molecule has 234 valence electrons. The molecule has 4 heteroatoms. The van der Waals surface area contributed by atoms with Crippen LogP contribution in [-0.2, 0) is 13.1 Å². The van der Waals surface area contributed by atoms with Crippen LogP contribution >= 0.6 is 0 Å². The largest absolute Gasteiger partial charge is 1.00 e. The number of para-hydroxylation sites is 1. The van der Waals surface area contributed by atoms with Crippen LogP contribution < -0.4 is 27.0 Å². The van der Waals surface area contributed by atoms with Crippen LogP contribution in [0.2, 0.25) is 0 Å². The van der Waals surface area contributed by atoms with Crippen molar-refractivity contribution in [1.29, 1.82) is 0 Å². The molecule has 0 radical (unpaired) electrons.